The van der Waals surface area contributed by atoms with Gasteiger partial charge in [0.05, 0.1) is 49.5 Å². The molecule has 6 aliphatic rings. The summed E-state index contributed by atoms with van der Waals surface area (Å²) in [4.78, 5) is 64.0. The Bertz CT molecular complexity index is 3140. The highest BCUT2D eigenvalue weighted by Crippen LogP contribution is 2.70. The second-order valence-electron chi connectivity index (χ2n) is 16.3. The van der Waals surface area contributed by atoms with Gasteiger partial charge in [-0.2, -0.15) is 10.5 Å². The summed E-state index contributed by atoms with van der Waals surface area (Å²) in [6.45, 7) is 15.1. The number of hydrogen-bond donors (Lipinski definition) is 0. The molecule has 2 fully saturated rings. The molecule has 0 aliphatic heterocycles. The number of ketones is 4. The lowest BCUT2D eigenvalue weighted by Crippen LogP contribution is -2.28. The minimum absolute atomic E-state index is 0.0349. The van der Waals surface area contributed by atoms with Crippen molar-refractivity contribution >= 4 is 99.0 Å². The Morgan fingerprint density at radius 1 is 0.610 bits per heavy atom. The molecule has 0 saturated heterocycles. The molecule has 282 valence electrons. The van der Waals surface area contributed by atoms with Gasteiger partial charge in [-0.15, -0.1) is 34.0 Å². The molecule has 11 rings (SSSR count). The third-order valence-electron chi connectivity index (χ3n) is 13.5. The molecule has 0 N–H and O–H groups in total. The molecule has 8 nitrogen and oxygen atoms in total. The van der Waals surface area contributed by atoms with Crippen molar-refractivity contribution < 1.29 is 19.2 Å². The topological polar surface area (TPSA) is 125 Å². The molecule has 11 heteroatoms. The molecule has 2 spiro atoms. The van der Waals surface area contributed by atoms with Crippen LogP contribution in [-0.2, 0) is 5.41 Å². The van der Waals surface area contributed by atoms with Gasteiger partial charge in [0, 0.05) is 47.5 Å². The molecule has 6 aliphatic carbocycles. The summed E-state index contributed by atoms with van der Waals surface area (Å²) in [5.74, 6) is -1.65. The standard InChI is InChI=1S/C48H28N4O4S3/c1-51-34-19-29-30(20-35(34)52-2)42(56)31(41(29)55)15-25-16-33-37(47(25)9-5-3-6-10-47)44-38(48(33)11-7-4-8-12-48)45-46(59-44)43-36(58-45)18-26(57-43)17-32-39(53)27-13-23(21-49)24(22-50)14-28(27)40(32)54/h13-20H,3-12H2. The molecule has 3 aromatic heterocycles. The van der Waals surface area contributed by atoms with Crippen LogP contribution in [-0.4, -0.2) is 23.1 Å². The highest BCUT2D eigenvalue weighted by Gasteiger charge is 2.57. The minimum Gasteiger partial charge on any atom is -0.288 e. The van der Waals surface area contributed by atoms with Crippen LogP contribution >= 0.6 is 34.0 Å². The van der Waals surface area contributed by atoms with Gasteiger partial charge < -0.3 is 0 Å². The second-order valence-corrected chi connectivity index (χ2v) is 19.4. The van der Waals surface area contributed by atoms with E-state index in [1.165, 1.54) is 61.7 Å². The number of nitriles is 2. The number of allylic oxidation sites excluding steroid dienone is 7. The Morgan fingerprint density at radius 3 is 1.68 bits per heavy atom. The average molecular weight is 821 g/mol. The number of nitrogens with zero attached hydrogens (tertiary/aromatic N) is 4. The number of carbonyl (C=O) groups is 4. The molecule has 59 heavy (non-hydrogen) atoms. The predicted molar refractivity (Wildman–Crippen MR) is 229 cm³/mol. The summed E-state index contributed by atoms with van der Waals surface area (Å²) in [6.07, 6.45) is 16.3. The number of rotatable bonds is 2. The summed E-state index contributed by atoms with van der Waals surface area (Å²) < 4.78 is 4.75. The minimum atomic E-state index is -0.440. The van der Waals surface area contributed by atoms with Crippen LogP contribution < -0.4 is 0 Å². The molecule has 2 saturated carbocycles. The molecule has 0 atom stereocenters. The molecule has 0 bridgehead atoms. The fraction of sp³-hybridized carbons (Fsp3) is 0.250. The zero-order chi connectivity index (χ0) is 40.5. The SMILES string of the molecule is [C-]#[N+]c1cc2c(cc1[N+]#[C-])C(=O)C(=CC1=CC3=C(c4sc5c(sc6cc(C=C7C(=O)c8cc(C#N)c(C#N)cc8C7=O)sc65)c4C34CCCCC4)C13CCCCC3)C2=O. The highest BCUT2D eigenvalue weighted by molar-refractivity contribution is 7.39. The van der Waals surface area contributed by atoms with Crippen LogP contribution in [0.5, 0.6) is 0 Å². The van der Waals surface area contributed by atoms with Gasteiger partial charge in [-0.05, 0) is 78.3 Å². The first kappa shape index (κ1) is 35.8. The lowest BCUT2D eigenvalue weighted by molar-refractivity contribution is 0.0973. The average Bonchev–Trinajstić information content (AvgIpc) is 4.10. The predicted octanol–water partition coefficient (Wildman–Crippen LogP) is 12.4. The normalized spacial score (nSPS) is 19.5. The lowest BCUT2D eigenvalue weighted by Gasteiger charge is -2.38. The lowest BCUT2D eigenvalue weighted by atomic mass is 9.66. The van der Waals surface area contributed by atoms with Gasteiger partial charge in [-0.3, -0.25) is 28.9 Å². The number of Topliss-reactive ketones (excluding diaryl/α,β-unsaturated/α-hetero) is 4. The molecule has 0 unspecified atom stereocenters. The van der Waals surface area contributed by atoms with Gasteiger partial charge in [0.25, 0.3) is 0 Å². The third kappa shape index (κ3) is 4.64. The van der Waals surface area contributed by atoms with E-state index in [4.69, 9.17) is 13.1 Å². The molecule has 2 aromatic carbocycles. The summed E-state index contributed by atoms with van der Waals surface area (Å²) in [5.41, 5.74) is 5.81. The first-order chi connectivity index (χ1) is 28.7. The number of benzene rings is 2. The van der Waals surface area contributed by atoms with E-state index in [1.807, 2.05) is 29.6 Å². The first-order valence-electron chi connectivity index (χ1n) is 19.7. The second kappa shape index (κ2) is 12.6. The Balaban J connectivity index is 1.03. The van der Waals surface area contributed by atoms with E-state index < -0.39 is 11.6 Å². The molecule has 5 aromatic rings. The monoisotopic (exact) mass is 820 g/mol. The van der Waals surface area contributed by atoms with Crippen molar-refractivity contribution in [3.63, 3.8) is 0 Å². The summed E-state index contributed by atoms with van der Waals surface area (Å²) in [6, 6.07) is 11.5. The molecular weight excluding hydrogens is 793 g/mol. The van der Waals surface area contributed by atoms with E-state index in [0.29, 0.717) is 0 Å². The van der Waals surface area contributed by atoms with Crippen molar-refractivity contribution in [3.8, 4) is 12.1 Å². The Kier molecular flexibility index (Phi) is 7.63. The van der Waals surface area contributed by atoms with E-state index in [2.05, 4.69) is 21.8 Å². The third-order valence-corrected chi connectivity index (χ3v) is 17.4. The van der Waals surface area contributed by atoms with Crippen molar-refractivity contribution in [2.24, 2.45) is 5.41 Å². The zero-order valence-corrected chi connectivity index (χ0v) is 33.8. The maximum atomic E-state index is 14.0. The number of hydrogen-bond acceptors (Lipinski definition) is 9. The highest BCUT2D eigenvalue weighted by atomic mass is 32.1. The van der Waals surface area contributed by atoms with E-state index >= 15 is 0 Å². The van der Waals surface area contributed by atoms with E-state index in [0.717, 1.165) is 77.6 Å². The van der Waals surface area contributed by atoms with Crippen LogP contribution in [0.4, 0.5) is 11.4 Å². The van der Waals surface area contributed by atoms with Crippen LogP contribution in [0.15, 0.2) is 64.8 Å². The van der Waals surface area contributed by atoms with Gasteiger partial charge in [0.1, 0.15) is 12.1 Å². The Morgan fingerprint density at radius 2 is 1.14 bits per heavy atom. The van der Waals surface area contributed by atoms with Gasteiger partial charge in [-0.25, -0.2) is 0 Å². The number of carbonyl (C=O) groups excluding carboxylic acids is 4. The van der Waals surface area contributed by atoms with Crippen LogP contribution in [0.2, 0.25) is 0 Å². The maximum absolute atomic E-state index is 14.0. The fourth-order valence-corrected chi connectivity index (χ4v) is 15.5. The van der Waals surface area contributed by atoms with E-state index in [-0.39, 0.29) is 78.3 Å². The Hall–Kier alpha value is -6.34. The maximum Gasteiger partial charge on any atom is 0.197 e. The van der Waals surface area contributed by atoms with Crippen LogP contribution in [0, 0.1) is 41.2 Å². The Labute approximate surface area is 350 Å². The summed E-state index contributed by atoms with van der Waals surface area (Å²) in [7, 11) is 0. The summed E-state index contributed by atoms with van der Waals surface area (Å²) >= 11 is 5.18. The van der Waals surface area contributed by atoms with Crippen LogP contribution in [0.3, 0.4) is 0 Å². The number of fused-ring (bicyclic) bond motifs is 11. The smallest absolute Gasteiger partial charge is 0.197 e. The number of thiophene rings is 3. The van der Waals surface area contributed by atoms with Crippen molar-refractivity contribution in [1.29, 1.82) is 10.5 Å². The van der Waals surface area contributed by atoms with Crippen molar-refractivity contribution in [2.75, 3.05) is 0 Å². The van der Waals surface area contributed by atoms with Crippen LogP contribution in [0.1, 0.15) is 132 Å². The zero-order valence-electron chi connectivity index (χ0n) is 31.3. The van der Waals surface area contributed by atoms with Gasteiger partial charge in [0.15, 0.2) is 34.5 Å². The van der Waals surface area contributed by atoms with Gasteiger partial charge in [0.2, 0.25) is 0 Å². The van der Waals surface area contributed by atoms with Crippen molar-refractivity contribution in [1.82, 2.24) is 0 Å². The molecule has 3 heterocycles. The molecule has 0 radical (unpaired) electrons. The largest absolute Gasteiger partial charge is 0.288 e. The van der Waals surface area contributed by atoms with Crippen LogP contribution in [0.25, 0.3) is 40.1 Å². The fourth-order valence-electron chi connectivity index (χ4n) is 10.9. The quantitative estimate of drug-likeness (QED) is 0.0992. The van der Waals surface area contributed by atoms with Gasteiger partial charge >= 0.3 is 0 Å². The summed E-state index contributed by atoms with van der Waals surface area (Å²) in [5, 5.41) is 19.0. The molecule has 0 amide bonds. The van der Waals surface area contributed by atoms with Crippen molar-refractivity contribution in [2.45, 2.75) is 69.6 Å². The van der Waals surface area contributed by atoms with Crippen molar-refractivity contribution in [3.05, 3.63) is 136 Å². The van der Waals surface area contributed by atoms with E-state index in [1.54, 1.807) is 28.7 Å². The molecular formula is C48H28N4O4S3. The van der Waals surface area contributed by atoms with Gasteiger partial charge in [-0.1, -0.05) is 56.7 Å². The van der Waals surface area contributed by atoms with E-state index in [9.17, 15) is 29.7 Å². The first-order valence-corrected chi connectivity index (χ1v) is 22.1.